The molecule has 2 aliphatic heterocycles. The Morgan fingerprint density at radius 1 is 1.34 bits per heavy atom. The molecule has 184 valence electrons. The number of pyridine rings is 2. The largest absolute Gasteiger partial charge is 0.494 e. The van der Waals surface area contributed by atoms with Crippen LogP contribution in [0.25, 0.3) is 5.65 Å². The number of piperazine rings is 1. The van der Waals surface area contributed by atoms with Crippen molar-refractivity contribution in [2.45, 2.75) is 31.7 Å². The number of methoxy groups -OCH3 is 1. The first kappa shape index (κ1) is 22.8. The number of aryl methyl sites for hydroxylation is 1. The van der Waals surface area contributed by atoms with Crippen LogP contribution in [-0.4, -0.2) is 76.0 Å². The lowest BCUT2D eigenvalue weighted by Gasteiger charge is -2.36. The number of urea groups is 1. The predicted octanol–water partition coefficient (Wildman–Crippen LogP) is 1.68. The van der Waals surface area contributed by atoms with Gasteiger partial charge < -0.3 is 25.4 Å². The van der Waals surface area contributed by atoms with E-state index >= 15 is 0 Å². The molecule has 0 unspecified atom stereocenters. The molecule has 2 fully saturated rings. The van der Waals surface area contributed by atoms with Gasteiger partial charge in [0.1, 0.15) is 23.1 Å². The Bertz CT molecular complexity index is 1270. The van der Waals surface area contributed by atoms with Gasteiger partial charge in [0.25, 0.3) is 6.47 Å². The lowest BCUT2D eigenvalue weighted by Crippen LogP contribution is -2.52. The third-order valence-electron chi connectivity index (χ3n) is 6.67. The molecule has 1 saturated heterocycles. The maximum atomic E-state index is 13.2. The van der Waals surface area contributed by atoms with Crippen molar-refractivity contribution in [3.63, 3.8) is 0 Å². The summed E-state index contributed by atoms with van der Waals surface area (Å²) >= 11 is 0. The van der Waals surface area contributed by atoms with Gasteiger partial charge in [-0.3, -0.25) is 9.69 Å². The SMILES string of the molecule is COc1cc2nc(C)nn2cc1NC(=O)N1CCc2c(N3CCNC4(CC4)C3)ccnc21.O=CO. The second kappa shape index (κ2) is 9.02. The fourth-order valence-electron chi connectivity index (χ4n) is 4.88. The quantitative estimate of drug-likeness (QED) is 0.478. The maximum absolute atomic E-state index is 13.2. The molecule has 6 rings (SSSR count). The van der Waals surface area contributed by atoms with Crippen LogP contribution in [0.2, 0.25) is 0 Å². The summed E-state index contributed by atoms with van der Waals surface area (Å²) in [6.45, 7) is 5.15. The van der Waals surface area contributed by atoms with Crippen molar-refractivity contribution >= 4 is 35.3 Å². The number of rotatable bonds is 3. The number of aromatic nitrogens is 4. The van der Waals surface area contributed by atoms with Crippen molar-refractivity contribution in [1.29, 1.82) is 0 Å². The average Bonchev–Trinajstić information content (AvgIpc) is 3.27. The monoisotopic (exact) mass is 480 g/mol. The van der Waals surface area contributed by atoms with Crippen molar-refractivity contribution in [2.24, 2.45) is 0 Å². The highest BCUT2D eigenvalue weighted by atomic mass is 16.5. The molecular weight excluding hydrogens is 452 g/mol. The Hall–Kier alpha value is -3.93. The minimum atomic E-state index is -0.250. The number of hydrogen-bond donors (Lipinski definition) is 3. The number of hydrogen-bond acceptors (Lipinski definition) is 8. The van der Waals surface area contributed by atoms with E-state index in [9.17, 15) is 4.79 Å². The van der Waals surface area contributed by atoms with Crippen LogP contribution in [0.4, 0.5) is 22.0 Å². The van der Waals surface area contributed by atoms with Crippen molar-refractivity contribution in [1.82, 2.24) is 24.9 Å². The van der Waals surface area contributed by atoms with Gasteiger partial charge in [-0.2, -0.15) is 5.10 Å². The minimum absolute atomic E-state index is 0.234. The number of anilines is 3. The van der Waals surface area contributed by atoms with Crippen LogP contribution < -0.4 is 25.2 Å². The van der Waals surface area contributed by atoms with Gasteiger partial charge in [-0.1, -0.05) is 0 Å². The van der Waals surface area contributed by atoms with Crippen molar-refractivity contribution < 1.29 is 19.4 Å². The highest BCUT2D eigenvalue weighted by Crippen LogP contribution is 2.41. The van der Waals surface area contributed by atoms with Gasteiger partial charge in [-0.05, 0) is 32.3 Å². The van der Waals surface area contributed by atoms with E-state index in [4.69, 9.17) is 14.6 Å². The van der Waals surface area contributed by atoms with Gasteiger partial charge >= 0.3 is 6.03 Å². The molecule has 35 heavy (non-hydrogen) atoms. The number of carbonyl (C=O) groups is 2. The number of ether oxygens (including phenoxy) is 1. The first-order chi connectivity index (χ1) is 17.0. The Labute approximate surface area is 201 Å². The van der Waals surface area contributed by atoms with E-state index in [0.717, 1.165) is 37.4 Å². The van der Waals surface area contributed by atoms with Gasteiger partial charge in [0.15, 0.2) is 5.65 Å². The van der Waals surface area contributed by atoms with E-state index in [1.165, 1.54) is 18.5 Å². The van der Waals surface area contributed by atoms with Crippen molar-refractivity contribution in [3.8, 4) is 5.75 Å². The lowest BCUT2D eigenvalue weighted by molar-refractivity contribution is -0.122. The molecule has 1 saturated carbocycles. The summed E-state index contributed by atoms with van der Waals surface area (Å²) in [5, 5.41) is 17.9. The molecular formula is C23H28N8O4. The van der Waals surface area contributed by atoms with Crippen LogP contribution in [-0.2, 0) is 11.2 Å². The number of carbonyl (C=O) groups excluding carboxylic acids is 1. The number of nitrogens with zero attached hydrogens (tertiary/aromatic N) is 6. The number of fused-ring (bicyclic) bond motifs is 2. The van der Waals surface area contributed by atoms with E-state index in [-0.39, 0.29) is 12.5 Å². The normalized spacial score (nSPS) is 17.5. The highest BCUT2D eigenvalue weighted by molar-refractivity contribution is 6.03. The first-order valence-electron chi connectivity index (χ1n) is 11.5. The molecule has 2 amide bonds. The molecule has 3 aromatic heterocycles. The number of nitrogens with one attached hydrogen (secondary N) is 2. The fraction of sp³-hybridized carbons (Fsp3) is 0.435. The van der Waals surface area contributed by atoms with Gasteiger partial charge in [0.05, 0.1) is 13.3 Å². The number of amides is 2. The Balaban J connectivity index is 0.000000806. The van der Waals surface area contributed by atoms with Gasteiger partial charge in [-0.15, -0.1) is 0 Å². The predicted molar refractivity (Wildman–Crippen MR) is 129 cm³/mol. The molecule has 3 aromatic rings. The summed E-state index contributed by atoms with van der Waals surface area (Å²) in [7, 11) is 1.57. The Morgan fingerprint density at radius 3 is 2.89 bits per heavy atom. The summed E-state index contributed by atoms with van der Waals surface area (Å²) in [4.78, 5) is 34.7. The maximum Gasteiger partial charge on any atom is 0.327 e. The molecule has 12 heteroatoms. The second-order valence-electron chi connectivity index (χ2n) is 8.92. The molecule has 3 N–H and O–H groups in total. The van der Waals surface area contributed by atoms with Crippen LogP contribution in [0.3, 0.4) is 0 Å². The smallest absolute Gasteiger partial charge is 0.327 e. The van der Waals surface area contributed by atoms with E-state index in [1.807, 2.05) is 13.1 Å². The summed E-state index contributed by atoms with van der Waals surface area (Å²) in [5.74, 6) is 1.93. The zero-order valence-electron chi connectivity index (χ0n) is 19.7. The molecule has 0 bridgehead atoms. The summed E-state index contributed by atoms with van der Waals surface area (Å²) in [5.41, 5.74) is 3.85. The van der Waals surface area contributed by atoms with Crippen LogP contribution in [0.15, 0.2) is 24.5 Å². The lowest BCUT2D eigenvalue weighted by atomic mass is 10.1. The molecule has 1 spiro atoms. The van der Waals surface area contributed by atoms with E-state index < -0.39 is 0 Å². The van der Waals surface area contributed by atoms with E-state index in [2.05, 4.69) is 36.7 Å². The molecule has 5 heterocycles. The molecule has 3 aliphatic rings. The van der Waals surface area contributed by atoms with Crippen LogP contribution in [0.1, 0.15) is 24.2 Å². The van der Waals surface area contributed by atoms with E-state index in [0.29, 0.717) is 35.0 Å². The van der Waals surface area contributed by atoms with Gasteiger partial charge in [0, 0.05) is 55.2 Å². The van der Waals surface area contributed by atoms with E-state index in [1.54, 1.807) is 28.8 Å². The molecule has 0 atom stereocenters. The summed E-state index contributed by atoms with van der Waals surface area (Å²) in [6.07, 6.45) is 6.81. The third-order valence-corrected chi connectivity index (χ3v) is 6.67. The molecule has 1 aliphatic carbocycles. The standard InChI is InChI=1S/C22H26N8O2.CH2O2/c1-14-25-19-11-18(32-2)16(12-30(19)27-14)26-21(31)29-9-4-15-17(3-7-23-20(15)29)28-10-8-24-22(13-28)5-6-22;2-1-3/h3,7,11-12,24H,4-6,8-10,13H2,1-2H3,(H,26,31);1H,(H,2,3). The summed E-state index contributed by atoms with van der Waals surface area (Å²) < 4.78 is 7.12. The van der Waals surface area contributed by atoms with Crippen LogP contribution in [0, 0.1) is 6.92 Å². The average molecular weight is 481 g/mol. The van der Waals surface area contributed by atoms with Crippen LogP contribution >= 0.6 is 0 Å². The number of carboxylic acid groups (broad SMARTS) is 1. The Morgan fingerprint density at radius 2 is 2.14 bits per heavy atom. The minimum Gasteiger partial charge on any atom is -0.494 e. The van der Waals surface area contributed by atoms with Gasteiger partial charge in [0.2, 0.25) is 0 Å². The Kier molecular flexibility index (Phi) is 5.89. The third kappa shape index (κ3) is 4.32. The topological polar surface area (TPSA) is 137 Å². The highest BCUT2D eigenvalue weighted by Gasteiger charge is 2.46. The molecule has 12 nitrogen and oxygen atoms in total. The first-order valence-corrected chi connectivity index (χ1v) is 11.5. The molecule has 0 radical (unpaired) electrons. The summed E-state index contributed by atoms with van der Waals surface area (Å²) in [6, 6.07) is 3.62. The van der Waals surface area contributed by atoms with Crippen LogP contribution in [0.5, 0.6) is 5.75 Å². The van der Waals surface area contributed by atoms with Crippen molar-refractivity contribution in [3.05, 3.63) is 35.9 Å². The van der Waals surface area contributed by atoms with Gasteiger partial charge in [-0.25, -0.2) is 19.3 Å². The zero-order valence-corrected chi connectivity index (χ0v) is 19.7. The second-order valence-corrected chi connectivity index (χ2v) is 8.92. The molecule has 0 aromatic carbocycles. The fourth-order valence-corrected chi connectivity index (χ4v) is 4.88. The van der Waals surface area contributed by atoms with Crippen molar-refractivity contribution in [2.75, 3.05) is 48.4 Å². The zero-order chi connectivity index (χ0) is 24.6.